The number of nitrogens with zero attached hydrogens (tertiary/aromatic N) is 1. The van der Waals surface area contributed by atoms with Gasteiger partial charge in [0.1, 0.15) is 0 Å². The number of methoxy groups -OCH3 is 1. The van der Waals surface area contributed by atoms with Gasteiger partial charge in [-0.25, -0.2) is 4.79 Å². The summed E-state index contributed by atoms with van der Waals surface area (Å²) < 4.78 is 7.34. The predicted octanol–water partition coefficient (Wildman–Crippen LogP) is 3.42. The van der Waals surface area contributed by atoms with Gasteiger partial charge >= 0.3 is 5.97 Å². The second-order valence-electron chi connectivity index (χ2n) is 7.33. The molecule has 23 heavy (non-hydrogen) atoms. The predicted molar refractivity (Wildman–Crippen MR) is 90.5 cm³/mol. The number of carbonyl (C=O) groups excluding carboxylic acids is 1. The Hall–Kier alpha value is -1.81. The van der Waals surface area contributed by atoms with Crippen LogP contribution in [0.2, 0.25) is 0 Å². The van der Waals surface area contributed by atoms with E-state index in [2.05, 4.69) is 17.6 Å². The Labute approximate surface area is 136 Å². The number of carbonyl (C=O) groups is 1. The zero-order valence-electron chi connectivity index (χ0n) is 14.0. The number of nitrogens with two attached hydrogens (primary N) is 1. The fraction of sp³-hybridized carbons (Fsp3) is 0.526. The standard InChI is InChI=1S/C19H24N2O2/c1-11(14-10-19(20)9-8-15(14)19)21-12(2)17(18(22)23-3)13-6-4-5-7-16(13)21/h4-7,11,14-15H,8-10,20H2,1-3H3/t11-,14?,15?,19?/m1/s1. The van der Waals surface area contributed by atoms with Gasteiger partial charge in [0, 0.05) is 28.2 Å². The number of fused-ring (bicyclic) bond motifs is 2. The molecule has 0 aliphatic heterocycles. The smallest absolute Gasteiger partial charge is 0.340 e. The number of para-hydroxylation sites is 1. The molecule has 2 aliphatic rings. The lowest BCUT2D eigenvalue weighted by Crippen LogP contribution is -2.68. The Kier molecular flexibility index (Phi) is 3.11. The molecule has 1 aromatic carbocycles. The van der Waals surface area contributed by atoms with Gasteiger partial charge in [-0.2, -0.15) is 0 Å². The van der Waals surface area contributed by atoms with Crippen LogP contribution in [-0.2, 0) is 4.74 Å². The van der Waals surface area contributed by atoms with Crippen LogP contribution in [0.3, 0.4) is 0 Å². The minimum absolute atomic E-state index is 0.0982. The highest BCUT2D eigenvalue weighted by Crippen LogP contribution is 2.59. The summed E-state index contributed by atoms with van der Waals surface area (Å²) in [6, 6.07) is 8.46. The van der Waals surface area contributed by atoms with Gasteiger partial charge in [0.15, 0.2) is 0 Å². The lowest BCUT2D eigenvalue weighted by molar-refractivity contribution is -0.0767. The fourth-order valence-corrected chi connectivity index (χ4v) is 4.97. The van der Waals surface area contributed by atoms with E-state index in [4.69, 9.17) is 10.5 Å². The molecule has 2 fully saturated rings. The van der Waals surface area contributed by atoms with Gasteiger partial charge in [-0.3, -0.25) is 0 Å². The number of aromatic nitrogens is 1. The van der Waals surface area contributed by atoms with Gasteiger partial charge in [-0.05, 0) is 51.0 Å². The highest BCUT2D eigenvalue weighted by molar-refractivity contribution is 6.05. The van der Waals surface area contributed by atoms with Gasteiger partial charge in [0.25, 0.3) is 0 Å². The molecule has 1 aromatic heterocycles. The lowest BCUT2D eigenvalue weighted by Gasteiger charge is -2.63. The van der Waals surface area contributed by atoms with Gasteiger partial charge in [0.2, 0.25) is 0 Å². The van der Waals surface area contributed by atoms with E-state index < -0.39 is 0 Å². The third kappa shape index (κ3) is 1.84. The molecule has 2 saturated carbocycles. The van der Waals surface area contributed by atoms with Crippen molar-refractivity contribution >= 4 is 16.9 Å². The van der Waals surface area contributed by atoms with Crippen molar-refractivity contribution in [3.8, 4) is 0 Å². The molecule has 3 unspecified atom stereocenters. The van der Waals surface area contributed by atoms with Crippen molar-refractivity contribution in [2.75, 3.05) is 7.11 Å². The molecule has 4 atom stereocenters. The van der Waals surface area contributed by atoms with E-state index in [9.17, 15) is 4.79 Å². The first-order chi connectivity index (χ1) is 11.0. The van der Waals surface area contributed by atoms with Crippen molar-refractivity contribution in [3.05, 3.63) is 35.5 Å². The van der Waals surface area contributed by atoms with Gasteiger partial charge < -0.3 is 15.0 Å². The summed E-state index contributed by atoms with van der Waals surface area (Å²) in [6.07, 6.45) is 3.51. The normalized spacial score (nSPS) is 30.3. The molecule has 4 nitrogen and oxygen atoms in total. The highest BCUT2D eigenvalue weighted by Gasteiger charge is 2.58. The van der Waals surface area contributed by atoms with E-state index >= 15 is 0 Å². The maximum Gasteiger partial charge on any atom is 0.340 e. The molecule has 0 saturated heterocycles. The fourth-order valence-electron chi connectivity index (χ4n) is 4.97. The van der Waals surface area contributed by atoms with Crippen LogP contribution in [0, 0.1) is 18.8 Å². The number of esters is 1. The molecule has 1 heterocycles. The van der Waals surface area contributed by atoms with E-state index in [1.54, 1.807) is 0 Å². The largest absolute Gasteiger partial charge is 0.465 e. The molecule has 2 aliphatic carbocycles. The lowest BCUT2D eigenvalue weighted by atomic mass is 9.46. The minimum Gasteiger partial charge on any atom is -0.465 e. The van der Waals surface area contributed by atoms with Crippen LogP contribution in [-0.4, -0.2) is 23.2 Å². The van der Waals surface area contributed by atoms with Crippen LogP contribution in [0.5, 0.6) is 0 Å². The van der Waals surface area contributed by atoms with Crippen LogP contribution in [0.15, 0.2) is 24.3 Å². The molecular formula is C19H24N2O2. The number of ether oxygens (including phenoxy) is 1. The van der Waals surface area contributed by atoms with Crippen molar-refractivity contribution < 1.29 is 9.53 Å². The van der Waals surface area contributed by atoms with Gasteiger partial charge in [0.05, 0.1) is 12.7 Å². The maximum atomic E-state index is 12.3. The average Bonchev–Trinajstić information content (AvgIpc) is 2.84. The molecule has 0 spiro atoms. The monoisotopic (exact) mass is 312 g/mol. The van der Waals surface area contributed by atoms with Crippen LogP contribution >= 0.6 is 0 Å². The van der Waals surface area contributed by atoms with Crippen LogP contribution in [0.4, 0.5) is 0 Å². The summed E-state index contributed by atoms with van der Waals surface area (Å²) in [4.78, 5) is 12.3. The minimum atomic E-state index is -0.255. The zero-order valence-corrected chi connectivity index (χ0v) is 14.0. The van der Waals surface area contributed by atoms with Crippen molar-refractivity contribution in [3.63, 3.8) is 0 Å². The molecule has 2 aromatic rings. The number of hydrogen-bond donors (Lipinski definition) is 1. The first-order valence-corrected chi connectivity index (χ1v) is 8.44. The molecular weight excluding hydrogens is 288 g/mol. The average molecular weight is 312 g/mol. The van der Waals surface area contributed by atoms with Crippen molar-refractivity contribution in [2.45, 2.75) is 44.7 Å². The first kappa shape index (κ1) is 14.8. The Morgan fingerprint density at radius 1 is 1.43 bits per heavy atom. The van der Waals surface area contributed by atoms with E-state index in [1.165, 1.54) is 20.0 Å². The van der Waals surface area contributed by atoms with E-state index in [-0.39, 0.29) is 11.5 Å². The molecule has 4 heteroatoms. The SMILES string of the molecule is COC(=O)c1c(C)n([C@H](C)C2CC3(N)CCC23)c2ccccc12. The summed E-state index contributed by atoms with van der Waals surface area (Å²) in [5, 5.41) is 0.982. The second kappa shape index (κ2) is 4.84. The topological polar surface area (TPSA) is 57.2 Å². The Bertz CT molecular complexity index is 794. The Morgan fingerprint density at radius 3 is 2.74 bits per heavy atom. The number of benzene rings is 1. The van der Waals surface area contributed by atoms with Crippen molar-refractivity contribution in [1.29, 1.82) is 0 Å². The first-order valence-electron chi connectivity index (χ1n) is 8.44. The van der Waals surface area contributed by atoms with E-state index in [0.29, 0.717) is 23.4 Å². The molecule has 4 rings (SSSR count). The third-order valence-electron chi connectivity index (χ3n) is 6.36. The molecule has 0 amide bonds. The van der Waals surface area contributed by atoms with E-state index in [0.717, 1.165) is 23.0 Å². The summed E-state index contributed by atoms with van der Waals surface area (Å²) in [5.41, 5.74) is 9.31. The second-order valence-corrected chi connectivity index (χ2v) is 7.33. The number of rotatable bonds is 3. The molecule has 2 N–H and O–H groups in total. The van der Waals surface area contributed by atoms with Gasteiger partial charge in [-0.15, -0.1) is 0 Å². The highest BCUT2D eigenvalue weighted by atomic mass is 16.5. The van der Waals surface area contributed by atoms with Gasteiger partial charge in [-0.1, -0.05) is 18.2 Å². The molecule has 0 bridgehead atoms. The molecule has 0 radical (unpaired) electrons. The summed E-state index contributed by atoms with van der Waals surface area (Å²) >= 11 is 0. The summed E-state index contributed by atoms with van der Waals surface area (Å²) in [6.45, 7) is 4.29. The maximum absolute atomic E-state index is 12.3. The van der Waals surface area contributed by atoms with Crippen molar-refractivity contribution in [2.24, 2.45) is 17.6 Å². The molecule has 122 valence electrons. The number of hydrogen-bond acceptors (Lipinski definition) is 3. The van der Waals surface area contributed by atoms with Crippen LogP contribution < -0.4 is 5.73 Å². The quantitative estimate of drug-likeness (QED) is 0.883. The summed E-state index contributed by atoms with van der Waals surface area (Å²) in [5.74, 6) is 0.989. The Morgan fingerprint density at radius 2 is 2.17 bits per heavy atom. The van der Waals surface area contributed by atoms with Crippen LogP contribution in [0.1, 0.15) is 48.3 Å². The zero-order chi connectivity index (χ0) is 16.4. The van der Waals surface area contributed by atoms with Crippen molar-refractivity contribution in [1.82, 2.24) is 4.57 Å². The Balaban J connectivity index is 1.81. The summed E-state index contributed by atoms with van der Waals surface area (Å²) in [7, 11) is 1.44. The third-order valence-corrected chi connectivity index (χ3v) is 6.36. The van der Waals surface area contributed by atoms with E-state index in [1.807, 2.05) is 25.1 Å². The van der Waals surface area contributed by atoms with Crippen LogP contribution in [0.25, 0.3) is 10.9 Å².